The Hall–Kier alpha value is -4.42. The van der Waals surface area contributed by atoms with Crippen LogP contribution in [0.15, 0.2) is 53.6 Å². The normalized spacial score (nSPS) is 10.9. The van der Waals surface area contributed by atoms with Crippen LogP contribution in [0.1, 0.15) is 39.7 Å². The maximum absolute atomic E-state index is 13.4. The van der Waals surface area contributed by atoms with E-state index in [4.69, 9.17) is 39.4 Å². The first-order valence-corrected chi connectivity index (χ1v) is 13.0. The van der Waals surface area contributed by atoms with Crippen molar-refractivity contribution in [1.82, 2.24) is 24.4 Å². The zero-order chi connectivity index (χ0) is 29.8. The monoisotopic (exact) mass is 603 g/mol. The van der Waals surface area contributed by atoms with Crippen molar-refractivity contribution in [3.63, 3.8) is 0 Å². The van der Waals surface area contributed by atoms with Gasteiger partial charge in [-0.15, -0.1) is 0 Å². The molecule has 5 rings (SSSR count). The molecular weight excluding hydrogens is 579 g/mol. The molecule has 41 heavy (non-hydrogen) atoms. The number of fused-ring (bicyclic) bond motifs is 1. The quantitative estimate of drug-likeness (QED) is 0.241. The minimum absolute atomic E-state index is 0.157. The van der Waals surface area contributed by atoms with Crippen LogP contribution in [-0.2, 0) is 24.6 Å². The van der Waals surface area contributed by atoms with Gasteiger partial charge in [-0.05, 0) is 54.4 Å². The Kier molecular flexibility index (Phi) is 8.94. The minimum Gasteiger partial charge on any atom is -0.461 e. The molecule has 214 valence electrons. The van der Waals surface area contributed by atoms with E-state index in [1.54, 1.807) is 26.4 Å². The molecule has 0 saturated heterocycles. The van der Waals surface area contributed by atoms with Crippen molar-refractivity contribution in [3.8, 4) is 0 Å². The number of nitrogens with zero attached hydrogens (tertiary/aromatic N) is 4. The molecule has 14 heteroatoms. The molecule has 0 spiro atoms. The molecule has 0 aliphatic carbocycles. The van der Waals surface area contributed by atoms with Crippen molar-refractivity contribution >= 4 is 46.3 Å². The van der Waals surface area contributed by atoms with Gasteiger partial charge < -0.3 is 20.8 Å². The maximum atomic E-state index is 13.4. The number of nitrogens with one attached hydrogen (secondary N) is 1. The largest absolute Gasteiger partial charge is 0.461 e. The van der Waals surface area contributed by atoms with Gasteiger partial charge in [0.2, 0.25) is 0 Å². The summed E-state index contributed by atoms with van der Waals surface area (Å²) in [4.78, 5) is 24.0. The van der Waals surface area contributed by atoms with Gasteiger partial charge in [0.25, 0.3) is 5.56 Å². The first kappa shape index (κ1) is 29.6. The number of benzene rings is 2. The number of aryl methyl sites for hydroxylation is 1. The number of hydrogen-bond donors (Lipinski definition) is 3. The number of ether oxygens (including phenoxy) is 1. The molecule has 0 fully saturated rings. The Labute approximate surface area is 242 Å². The van der Waals surface area contributed by atoms with Gasteiger partial charge in [-0.3, -0.25) is 9.89 Å². The third-order valence-corrected chi connectivity index (χ3v) is 6.86. The van der Waals surface area contributed by atoms with E-state index in [-0.39, 0.29) is 42.3 Å². The van der Waals surface area contributed by atoms with Crippen LogP contribution in [0.5, 0.6) is 0 Å². The SMILES string of the molecule is CCOC(=O)c1[nH]nc(N)c1Cc1cc(F)ccc1Cl.Cn1ccn2nc(N)c(Cc3cc(F)ccc3Cl)c2c1=O. The summed E-state index contributed by atoms with van der Waals surface area (Å²) in [5.41, 5.74) is 14.0. The van der Waals surface area contributed by atoms with Crippen LogP contribution in [0.2, 0.25) is 10.0 Å². The van der Waals surface area contributed by atoms with Crippen LogP contribution in [0.3, 0.4) is 0 Å². The Morgan fingerprint density at radius 2 is 1.56 bits per heavy atom. The molecule has 0 atom stereocenters. The van der Waals surface area contributed by atoms with Crippen molar-refractivity contribution in [3.05, 3.63) is 109 Å². The van der Waals surface area contributed by atoms with Gasteiger partial charge in [0.15, 0.2) is 0 Å². The third kappa shape index (κ3) is 6.50. The number of aromatic nitrogens is 5. The molecule has 5 aromatic rings. The summed E-state index contributed by atoms with van der Waals surface area (Å²) in [5, 5.41) is 11.2. The lowest BCUT2D eigenvalue weighted by Gasteiger charge is -2.06. The molecule has 10 nitrogen and oxygen atoms in total. The molecule has 0 aliphatic rings. The number of nitrogens with two attached hydrogens (primary N) is 2. The number of rotatable bonds is 6. The average molecular weight is 604 g/mol. The second kappa shape index (κ2) is 12.4. The van der Waals surface area contributed by atoms with Gasteiger partial charge >= 0.3 is 5.97 Å². The topological polar surface area (TPSA) is 146 Å². The molecule has 0 saturated carbocycles. The molecule has 0 amide bonds. The summed E-state index contributed by atoms with van der Waals surface area (Å²) < 4.78 is 34.4. The number of H-pyrrole nitrogens is 1. The highest BCUT2D eigenvalue weighted by molar-refractivity contribution is 6.31. The predicted molar refractivity (Wildman–Crippen MR) is 152 cm³/mol. The van der Waals surface area contributed by atoms with Crippen LogP contribution in [0, 0.1) is 11.6 Å². The van der Waals surface area contributed by atoms with E-state index < -0.39 is 17.6 Å². The van der Waals surface area contributed by atoms with Gasteiger partial charge in [-0.25, -0.2) is 18.1 Å². The van der Waals surface area contributed by atoms with E-state index >= 15 is 0 Å². The number of carbonyl (C=O) groups excluding carboxylic acids is 1. The first-order chi connectivity index (χ1) is 19.5. The maximum Gasteiger partial charge on any atom is 0.356 e. The lowest BCUT2D eigenvalue weighted by molar-refractivity contribution is 0.0518. The van der Waals surface area contributed by atoms with Crippen LogP contribution in [0.4, 0.5) is 20.4 Å². The number of aromatic amines is 1. The molecule has 2 aromatic carbocycles. The van der Waals surface area contributed by atoms with E-state index in [0.717, 1.165) is 0 Å². The predicted octanol–water partition coefficient (Wildman–Crippen LogP) is 4.55. The number of carbonyl (C=O) groups is 1. The Balaban J connectivity index is 0.000000189. The molecule has 0 bridgehead atoms. The van der Waals surface area contributed by atoms with E-state index in [1.165, 1.54) is 45.5 Å². The van der Waals surface area contributed by atoms with E-state index in [2.05, 4.69) is 15.3 Å². The molecular formula is C27H25Cl2F2N7O3. The fourth-order valence-corrected chi connectivity index (χ4v) is 4.43. The summed E-state index contributed by atoms with van der Waals surface area (Å²) >= 11 is 12.1. The lowest BCUT2D eigenvalue weighted by Crippen LogP contribution is -2.19. The number of esters is 1. The minimum atomic E-state index is -0.556. The third-order valence-electron chi connectivity index (χ3n) is 6.12. The zero-order valence-electron chi connectivity index (χ0n) is 21.9. The number of hydrogen-bond acceptors (Lipinski definition) is 7. The van der Waals surface area contributed by atoms with Crippen LogP contribution >= 0.6 is 23.2 Å². The average Bonchev–Trinajstić information content (AvgIpc) is 3.45. The molecule has 0 aliphatic heterocycles. The van der Waals surface area contributed by atoms with Gasteiger partial charge in [-0.1, -0.05) is 23.2 Å². The molecule has 5 N–H and O–H groups in total. The summed E-state index contributed by atoms with van der Waals surface area (Å²) in [6, 6.07) is 8.10. The molecule has 3 heterocycles. The van der Waals surface area contributed by atoms with Crippen LogP contribution in [0.25, 0.3) is 5.52 Å². The number of nitrogen functional groups attached to an aromatic ring is 2. The second-order valence-corrected chi connectivity index (χ2v) is 9.69. The van der Waals surface area contributed by atoms with E-state index in [1.807, 2.05) is 0 Å². The van der Waals surface area contributed by atoms with Crippen LogP contribution < -0.4 is 17.0 Å². The Bertz CT molecular complexity index is 1800. The standard InChI is InChI=1S/C14H12ClFN4O.C13H13ClFN3O2/c1-19-4-5-20-12(14(19)21)10(13(17)18-20)7-8-6-9(16)2-3-11(8)15;1-2-20-13(19)11-9(12(16)18-17-11)6-7-5-8(15)3-4-10(7)14/h2-6H,7H2,1H3,(H2,17,18);3-5H,2,6H2,1H3,(H3,16,17,18). The van der Waals surface area contributed by atoms with E-state index in [9.17, 15) is 18.4 Å². The summed E-state index contributed by atoms with van der Waals surface area (Å²) in [6.45, 7) is 1.93. The summed E-state index contributed by atoms with van der Waals surface area (Å²) in [5.74, 6) is -0.965. The van der Waals surface area contributed by atoms with E-state index in [0.29, 0.717) is 37.8 Å². The van der Waals surface area contributed by atoms with Crippen molar-refractivity contribution in [2.24, 2.45) is 7.05 Å². The zero-order valence-corrected chi connectivity index (χ0v) is 23.4. The van der Waals surface area contributed by atoms with Gasteiger partial charge in [0.1, 0.15) is 34.5 Å². The van der Waals surface area contributed by atoms with Gasteiger partial charge in [-0.2, -0.15) is 10.2 Å². The highest BCUT2D eigenvalue weighted by Crippen LogP contribution is 2.26. The molecule has 0 radical (unpaired) electrons. The Morgan fingerprint density at radius 3 is 2.15 bits per heavy atom. The number of halogens is 4. The van der Waals surface area contributed by atoms with Crippen molar-refractivity contribution in [2.75, 3.05) is 18.1 Å². The molecule has 0 unspecified atom stereocenters. The summed E-state index contributed by atoms with van der Waals surface area (Å²) in [6.07, 6.45) is 3.67. The van der Waals surface area contributed by atoms with Crippen molar-refractivity contribution in [2.45, 2.75) is 19.8 Å². The fourth-order valence-electron chi connectivity index (χ4n) is 4.06. The fraction of sp³-hybridized carbons (Fsp3) is 0.185. The first-order valence-electron chi connectivity index (χ1n) is 12.2. The highest BCUT2D eigenvalue weighted by atomic mass is 35.5. The number of anilines is 2. The second-order valence-electron chi connectivity index (χ2n) is 8.88. The summed E-state index contributed by atoms with van der Waals surface area (Å²) in [7, 11) is 1.64. The van der Waals surface area contributed by atoms with Crippen molar-refractivity contribution in [1.29, 1.82) is 0 Å². The van der Waals surface area contributed by atoms with Crippen molar-refractivity contribution < 1.29 is 18.3 Å². The highest BCUT2D eigenvalue weighted by Gasteiger charge is 2.20. The van der Waals surface area contributed by atoms with Gasteiger partial charge in [0.05, 0.1) is 6.61 Å². The molecule has 3 aromatic heterocycles. The van der Waals surface area contributed by atoms with Crippen LogP contribution in [-0.4, -0.2) is 37.0 Å². The van der Waals surface area contributed by atoms with Gasteiger partial charge in [0, 0.05) is 53.5 Å². The smallest absolute Gasteiger partial charge is 0.356 e. The Morgan fingerprint density at radius 1 is 0.976 bits per heavy atom. The lowest BCUT2D eigenvalue weighted by atomic mass is 10.0.